The molecule has 20 heavy (non-hydrogen) atoms. The van der Waals surface area contributed by atoms with Gasteiger partial charge in [0.1, 0.15) is 5.54 Å². The number of esters is 1. The molecule has 0 radical (unpaired) electrons. The molecule has 0 aliphatic rings. The zero-order valence-electron chi connectivity index (χ0n) is 12.6. The molecular weight excluding hydrogens is 254 g/mol. The fourth-order valence-electron chi connectivity index (χ4n) is 2.18. The molecule has 0 amide bonds. The largest absolute Gasteiger partial charge is 0.464 e. The summed E-state index contributed by atoms with van der Waals surface area (Å²) in [5.74, 6) is -0.256. The summed E-state index contributed by atoms with van der Waals surface area (Å²) >= 11 is 0. The molecule has 0 saturated carbocycles. The van der Waals surface area contributed by atoms with Crippen molar-refractivity contribution in [1.29, 1.82) is 0 Å². The number of rotatable bonds is 9. The van der Waals surface area contributed by atoms with Gasteiger partial charge in [-0.2, -0.15) is 0 Å². The van der Waals surface area contributed by atoms with E-state index in [1.807, 2.05) is 37.3 Å². The van der Waals surface area contributed by atoms with Crippen molar-refractivity contribution in [2.45, 2.75) is 32.2 Å². The van der Waals surface area contributed by atoms with Crippen LogP contribution in [0.2, 0.25) is 0 Å². The van der Waals surface area contributed by atoms with E-state index < -0.39 is 5.54 Å². The molecule has 0 aliphatic heterocycles. The number of carbonyl (C=O) groups is 1. The molecule has 112 valence electrons. The summed E-state index contributed by atoms with van der Waals surface area (Å²) in [5, 5.41) is 3.14. The Morgan fingerprint density at radius 1 is 1.20 bits per heavy atom. The second-order valence-corrected chi connectivity index (χ2v) is 4.60. The zero-order chi connectivity index (χ0) is 14.8. The standard InChI is InChI=1S/C16H25NO3/c1-4-12-19-13-11-16(17-3,15(18)20-5-2)14-9-7-6-8-10-14/h6-10,17H,4-5,11-13H2,1-3H3. The van der Waals surface area contributed by atoms with Gasteiger partial charge in [0.05, 0.1) is 6.61 Å². The number of likely N-dealkylation sites (N-methyl/N-ethyl adjacent to an activating group) is 1. The smallest absolute Gasteiger partial charge is 0.331 e. The normalized spacial score (nSPS) is 13.8. The van der Waals surface area contributed by atoms with Gasteiger partial charge in [-0.1, -0.05) is 37.3 Å². The van der Waals surface area contributed by atoms with Crippen LogP contribution in [0.4, 0.5) is 0 Å². The third-order valence-corrected chi connectivity index (χ3v) is 3.29. The van der Waals surface area contributed by atoms with Crippen LogP contribution in [0.15, 0.2) is 30.3 Å². The first-order valence-electron chi connectivity index (χ1n) is 7.20. The molecule has 1 atom stereocenters. The van der Waals surface area contributed by atoms with E-state index in [9.17, 15) is 4.79 Å². The molecule has 1 rings (SSSR count). The summed E-state index contributed by atoms with van der Waals surface area (Å²) in [6, 6.07) is 9.66. The zero-order valence-corrected chi connectivity index (χ0v) is 12.6. The van der Waals surface area contributed by atoms with E-state index >= 15 is 0 Å². The molecule has 1 unspecified atom stereocenters. The van der Waals surface area contributed by atoms with Crippen LogP contribution in [-0.4, -0.2) is 32.8 Å². The average molecular weight is 279 g/mol. The van der Waals surface area contributed by atoms with Crippen molar-refractivity contribution in [1.82, 2.24) is 5.32 Å². The fourth-order valence-corrected chi connectivity index (χ4v) is 2.18. The number of nitrogens with one attached hydrogen (secondary N) is 1. The van der Waals surface area contributed by atoms with Crippen molar-refractivity contribution >= 4 is 5.97 Å². The van der Waals surface area contributed by atoms with Crippen LogP contribution in [0.25, 0.3) is 0 Å². The van der Waals surface area contributed by atoms with Crippen LogP contribution in [0.3, 0.4) is 0 Å². The van der Waals surface area contributed by atoms with Gasteiger partial charge in [0.25, 0.3) is 0 Å². The summed E-state index contributed by atoms with van der Waals surface area (Å²) in [5.41, 5.74) is 0.0615. The monoisotopic (exact) mass is 279 g/mol. The van der Waals surface area contributed by atoms with Gasteiger partial charge < -0.3 is 14.8 Å². The molecular formula is C16H25NO3. The molecule has 1 aromatic carbocycles. The van der Waals surface area contributed by atoms with Crippen LogP contribution in [0.5, 0.6) is 0 Å². The van der Waals surface area contributed by atoms with E-state index in [0.717, 1.165) is 12.0 Å². The van der Waals surface area contributed by atoms with E-state index in [0.29, 0.717) is 26.2 Å². The summed E-state index contributed by atoms with van der Waals surface area (Å²) in [4.78, 5) is 12.4. The maximum Gasteiger partial charge on any atom is 0.331 e. The van der Waals surface area contributed by atoms with Crippen molar-refractivity contribution in [2.24, 2.45) is 0 Å². The molecule has 0 aromatic heterocycles. The third-order valence-electron chi connectivity index (χ3n) is 3.29. The van der Waals surface area contributed by atoms with Crippen molar-refractivity contribution < 1.29 is 14.3 Å². The van der Waals surface area contributed by atoms with Gasteiger partial charge in [0, 0.05) is 19.6 Å². The number of hydrogen-bond donors (Lipinski definition) is 1. The summed E-state index contributed by atoms with van der Waals surface area (Å²) in [7, 11) is 1.78. The van der Waals surface area contributed by atoms with Crippen molar-refractivity contribution in [3.63, 3.8) is 0 Å². The topological polar surface area (TPSA) is 47.6 Å². The summed E-state index contributed by atoms with van der Waals surface area (Å²) in [6.45, 7) is 5.47. The Labute approximate surface area is 121 Å². The van der Waals surface area contributed by atoms with E-state index in [4.69, 9.17) is 9.47 Å². The maximum atomic E-state index is 12.4. The van der Waals surface area contributed by atoms with Crippen LogP contribution < -0.4 is 5.32 Å². The third kappa shape index (κ3) is 4.05. The lowest BCUT2D eigenvalue weighted by molar-refractivity contribution is -0.152. The van der Waals surface area contributed by atoms with E-state index in [2.05, 4.69) is 12.2 Å². The molecule has 4 nitrogen and oxygen atoms in total. The highest BCUT2D eigenvalue weighted by molar-refractivity contribution is 5.82. The predicted octanol–water partition coefficient (Wildman–Crippen LogP) is 2.48. The lowest BCUT2D eigenvalue weighted by Crippen LogP contribution is -2.49. The van der Waals surface area contributed by atoms with Gasteiger partial charge in [-0.05, 0) is 26.0 Å². The van der Waals surface area contributed by atoms with Gasteiger partial charge in [0.15, 0.2) is 0 Å². The van der Waals surface area contributed by atoms with E-state index in [-0.39, 0.29) is 5.97 Å². The Morgan fingerprint density at radius 3 is 2.45 bits per heavy atom. The number of benzene rings is 1. The minimum absolute atomic E-state index is 0.256. The molecule has 0 fully saturated rings. The Kier molecular flexibility index (Phi) is 7.26. The van der Waals surface area contributed by atoms with Crippen LogP contribution in [0, 0.1) is 0 Å². The van der Waals surface area contributed by atoms with Crippen LogP contribution in [0.1, 0.15) is 32.3 Å². The van der Waals surface area contributed by atoms with Crippen molar-refractivity contribution in [3.05, 3.63) is 35.9 Å². The van der Waals surface area contributed by atoms with Crippen LogP contribution >= 0.6 is 0 Å². The first-order chi connectivity index (χ1) is 9.71. The number of hydrogen-bond acceptors (Lipinski definition) is 4. The Bertz CT molecular complexity index is 394. The molecule has 0 spiro atoms. The van der Waals surface area contributed by atoms with Gasteiger partial charge in [0.2, 0.25) is 0 Å². The lowest BCUT2D eigenvalue weighted by atomic mass is 9.87. The number of carbonyl (C=O) groups excluding carboxylic acids is 1. The highest BCUT2D eigenvalue weighted by atomic mass is 16.5. The van der Waals surface area contributed by atoms with E-state index in [1.54, 1.807) is 7.05 Å². The molecule has 1 aromatic rings. The Hall–Kier alpha value is -1.39. The second-order valence-electron chi connectivity index (χ2n) is 4.60. The minimum Gasteiger partial charge on any atom is -0.464 e. The fraction of sp³-hybridized carbons (Fsp3) is 0.562. The molecule has 0 aliphatic carbocycles. The summed E-state index contributed by atoms with van der Waals surface area (Å²) in [6.07, 6.45) is 1.52. The molecule has 0 saturated heterocycles. The molecule has 0 heterocycles. The SMILES string of the molecule is CCCOCCC(NC)(C(=O)OCC)c1ccccc1. The van der Waals surface area contributed by atoms with Gasteiger partial charge >= 0.3 is 5.97 Å². The van der Waals surface area contributed by atoms with Crippen LogP contribution in [-0.2, 0) is 19.8 Å². The first kappa shape index (κ1) is 16.7. The molecule has 0 bridgehead atoms. The number of ether oxygens (including phenoxy) is 2. The van der Waals surface area contributed by atoms with Gasteiger partial charge in [-0.25, -0.2) is 4.79 Å². The van der Waals surface area contributed by atoms with Gasteiger partial charge in [-0.15, -0.1) is 0 Å². The Morgan fingerprint density at radius 2 is 1.90 bits per heavy atom. The first-order valence-corrected chi connectivity index (χ1v) is 7.20. The second kappa shape index (κ2) is 8.72. The highest BCUT2D eigenvalue weighted by Gasteiger charge is 2.39. The lowest BCUT2D eigenvalue weighted by Gasteiger charge is -2.31. The molecule has 1 N–H and O–H groups in total. The Balaban J connectivity index is 2.94. The van der Waals surface area contributed by atoms with E-state index in [1.165, 1.54) is 0 Å². The van der Waals surface area contributed by atoms with Crippen molar-refractivity contribution in [2.75, 3.05) is 26.9 Å². The quantitative estimate of drug-likeness (QED) is 0.557. The average Bonchev–Trinajstić information content (AvgIpc) is 2.49. The van der Waals surface area contributed by atoms with Gasteiger partial charge in [-0.3, -0.25) is 0 Å². The maximum absolute atomic E-state index is 12.4. The molecule has 4 heteroatoms. The minimum atomic E-state index is -0.842. The summed E-state index contributed by atoms with van der Waals surface area (Å²) < 4.78 is 10.8. The predicted molar refractivity (Wildman–Crippen MR) is 79.5 cm³/mol. The highest BCUT2D eigenvalue weighted by Crippen LogP contribution is 2.26. The van der Waals surface area contributed by atoms with Crippen molar-refractivity contribution in [3.8, 4) is 0 Å².